The van der Waals surface area contributed by atoms with Gasteiger partial charge in [-0.05, 0) is 19.1 Å². The molecule has 0 spiro atoms. The predicted octanol–water partition coefficient (Wildman–Crippen LogP) is 1.45. The summed E-state index contributed by atoms with van der Waals surface area (Å²) >= 11 is 0. The fourth-order valence-electron chi connectivity index (χ4n) is 1.10. The Labute approximate surface area is 88.5 Å². The number of nitrogens with zero attached hydrogens (tertiary/aromatic N) is 2. The van der Waals surface area contributed by atoms with Crippen molar-refractivity contribution in [2.45, 2.75) is 19.8 Å². The summed E-state index contributed by atoms with van der Waals surface area (Å²) in [6, 6.07) is 5.42. The molecule has 1 heterocycles. The molecule has 4 heteroatoms. The van der Waals surface area contributed by atoms with Crippen molar-refractivity contribution in [1.82, 2.24) is 4.98 Å². The molecule has 0 radical (unpaired) electrons. The number of hydrogen-bond acceptors (Lipinski definition) is 4. The molecular formula is C11H12N2O2. The van der Waals surface area contributed by atoms with Gasteiger partial charge in [0, 0.05) is 18.3 Å². The smallest absolute Gasteiger partial charge is 0.306 e. The van der Waals surface area contributed by atoms with Gasteiger partial charge in [0.2, 0.25) is 0 Å². The van der Waals surface area contributed by atoms with Crippen LogP contribution in [0.3, 0.4) is 0 Å². The Morgan fingerprint density at radius 1 is 1.60 bits per heavy atom. The molecule has 4 nitrogen and oxygen atoms in total. The average molecular weight is 204 g/mol. The summed E-state index contributed by atoms with van der Waals surface area (Å²) in [7, 11) is 0. The summed E-state index contributed by atoms with van der Waals surface area (Å²) in [6.07, 6.45) is 2.37. The fraction of sp³-hybridized carbons (Fsp3) is 0.364. The third kappa shape index (κ3) is 3.77. The van der Waals surface area contributed by atoms with Crippen molar-refractivity contribution >= 4 is 5.97 Å². The van der Waals surface area contributed by atoms with E-state index < -0.39 is 0 Å². The first kappa shape index (κ1) is 11.2. The fourth-order valence-corrected chi connectivity index (χ4v) is 1.10. The van der Waals surface area contributed by atoms with Gasteiger partial charge in [0.05, 0.1) is 18.6 Å². The number of aromatic nitrogens is 1. The molecule has 0 fully saturated rings. The Hall–Kier alpha value is -1.89. The Morgan fingerprint density at radius 2 is 2.40 bits per heavy atom. The third-order valence-corrected chi connectivity index (χ3v) is 1.84. The molecule has 0 aliphatic heterocycles. The molecule has 0 N–H and O–H groups in total. The zero-order valence-corrected chi connectivity index (χ0v) is 8.56. The zero-order chi connectivity index (χ0) is 11.1. The lowest BCUT2D eigenvalue weighted by Crippen LogP contribution is -2.05. The first-order valence-corrected chi connectivity index (χ1v) is 4.77. The molecule has 78 valence electrons. The number of esters is 1. The van der Waals surface area contributed by atoms with Gasteiger partial charge in [-0.25, -0.2) is 0 Å². The van der Waals surface area contributed by atoms with Crippen molar-refractivity contribution in [3.05, 3.63) is 29.6 Å². The van der Waals surface area contributed by atoms with Gasteiger partial charge in [0.15, 0.2) is 0 Å². The van der Waals surface area contributed by atoms with Gasteiger partial charge in [-0.1, -0.05) is 0 Å². The lowest BCUT2D eigenvalue weighted by atomic mass is 10.2. The van der Waals surface area contributed by atoms with Crippen LogP contribution >= 0.6 is 0 Å². The van der Waals surface area contributed by atoms with Crippen LogP contribution in [0.1, 0.15) is 24.6 Å². The van der Waals surface area contributed by atoms with E-state index in [1.54, 1.807) is 19.1 Å². The molecule has 1 rings (SSSR count). The van der Waals surface area contributed by atoms with Crippen molar-refractivity contribution in [3.63, 3.8) is 0 Å². The van der Waals surface area contributed by atoms with E-state index in [9.17, 15) is 4.79 Å². The molecule has 0 unspecified atom stereocenters. The quantitative estimate of drug-likeness (QED) is 0.696. The van der Waals surface area contributed by atoms with Crippen molar-refractivity contribution in [3.8, 4) is 6.07 Å². The Bertz CT molecular complexity index is 365. The van der Waals surface area contributed by atoms with Crippen molar-refractivity contribution < 1.29 is 9.53 Å². The van der Waals surface area contributed by atoms with E-state index in [0.29, 0.717) is 25.0 Å². The van der Waals surface area contributed by atoms with Crippen LogP contribution in [-0.2, 0) is 16.0 Å². The second kappa shape index (κ2) is 5.76. The first-order chi connectivity index (χ1) is 7.26. The highest BCUT2D eigenvalue weighted by molar-refractivity contribution is 5.69. The molecule has 0 saturated carbocycles. The highest BCUT2D eigenvalue weighted by atomic mass is 16.5. The van der Waals surface area contributed by atoms with Crippen molar-refractivity contribution in [1.29, 1.82) is 5.26 Å². The van der Waals surface area contributed by atoms with Gasteiger partial charge in [-0.3, -0.25) is 9.78 Å². The van der Waals surface area contributed by atoms with Crippen LogP contribution in [0, 0.1) is 11.3 Å². The molecule has 0 saturated heterocycles. The molecule has 15 heavy (non-hydrogen) atoms. The minimum Gasteiger partial charge on any atom is -0.466 e. The number of carbonyl (C=O) groups excluding carboxylic acids is 1. The largest absolute Gasteiger partial charge is 0.466 e. The standard InChI is InChI=1S/C11H12N2O2/c1-2-15-11(14)6-5-10-4-3-9(7-12)8-13-10/h3-4,8H,2,5-6H2,1H3. The van der Waals surface area contributed by atoms with E-state index in [1.165, 1.54) is 6.20 Å². The number of rotatable bonds is 4. The lowest BCUT2D eigenvalue weighted by molar-refractivity contribution is -0.143. The first-order valence-electron chi connectivity index (χ1n) is 4.77. The van der Waals surface area contributed by atoms with Gasteiger partial charge in [-0.2, -0.15) is 5.26 Å². The van der Waals surface area contributed by atoms with Gasteiger partial charge in [-0.15, -0.1) is 0 Å². The Balaban J connectivity index is 2.45. The zero-order valence-electron chi connectivity index (χ0n) is 8.56. The summed E-state index contributed by atoms with van der Waals surface area (Å²) in [5.74, 6) is -0.219. The third-order valence-electron chi connectivity index (χ3n) is 1.84. The molecule has 0 aliphatic carbocycles. The maximum absolute atomic E-state index is 11.0. The molecular weight excluding hydrogens is 192 g/mol. The van der Waals surface area contributed by atoms with E-state index in [-0.39, 0.29) is 5.97 Å². The number of hydrogen-bond donors (Lipinski definition) is 0. The van der Waals surface area contributed by atoms with Crippen LogP contribution in [0.2, 0.25) is 0 Å². The molecule has 0 aliphatic rings. The SMILES string of the molecule is CCOC(=O)CCc1ccc(C#N)cn1. The topological polar surface area (TPSA) is 63.0 Å². The second-order valence-electron chi connectivity index (χ2n) is 2.96. The highest BCUT2D eigenvalue weighted by Crippen LogP contribution is 2.02. The summed E-state index contributed by atoms with van der Waals surface area (Å²) in [6.45, 7) is 2.18. The summed E-state index contributed by atoms with van der Waals surface area (Å²) in [5.41, 5.74) is 1.32. The Morgan fingerprint density at radius 3 is 2.93 bits per heavy atom. The van der Waals surface area contributed by atoms with E-state index in [4.69, 9.17) is 10.00 Å². The Kier molecular flexibility index (Phi) is 4.30. The number of pyridine rings is 1. The second-order valence-corrected chi connectivity index (χ2v) is 2.96. The molecule has 0 aromatic carbocycles. The van der Waals surface area contributed by atoms with Gasteiger partial charge in [0.25, 0.3) is 0 Å². The number of carbonyl (C=O) groups is 1. The molecule has 0 amide bonds. The minimum absolute atomic E-state index is 0.219. The van der Waals surface area contributed by atoms with Crippen LogP contribution in [0.4, 0.5) is 0 Å². The number of nitriles is 1. The number of ether oxygens (including phenoxy) is 1. The molecule has 0 bridgehead atoms. The minimum atomic E-state index is -0.219. The van der Waals surface area contributed by atoms with Crippen LogP contribution in [-0.4, -0.2) is 17.6 Å². The van der Waals surface area contributed by atoms with Gasteiger partial charge >= 0.3 is 5.97 Å². The predicted molar refractivity (Wildman–Crippen MR) is 53.9 cm³/mol. The summed E-state index contributed by atoms with van der Waals surface area (Å²) in [5, 5.41) is 8.55. The lowest BCUT2D eigenvalue weighted by Gasteiger charge is -2.01. The van der Waals surface area contributed by atoms with Crippen LogP contribution in [0.25, 0.3) is 0 Å². The number of aryl methyl sites for hydroxylation is 1. The normalized spacial score (nSPS) is 9.33. The van der Waals surface area contributed by atoms with E-state index in [1.807, 2.05) is 6.07 Å². The summed E-state index contributed by atoms with van der Waals surface area (Å²) in [4.78, 5) is 15.1. The maximum Gasteiger partial charge on any atom is 0.306 e. The highest BCUT2D eigenvalue weighted by Gasteiger charge is 2.03. The van der Waals surface area contributed by atoms with Crippen LogP contribution in [0.5, 0.6) is 0 Å². The molecule has 1 aromatic heterocycles. The summed E-state index contributed by atoms with van der Waals surface area (Å²) < 4.78 is 4.79. The molecule has 0 atom stereocenters. The maximum atomic E-state index is 11.0. The van der Waals surface area contributed by atoms with Crippen molar-refractivity contribution in [2.75, 3.05) is 6.61 Å². The van der Waals surface area contributed by atoms with Gasteiger partial charge < -0.3 is 4.74 Å². The average Bonchev–Trinajstić information content (AvgIpc) is 2.27. The van der Waals surface area contributed by atoms with Crippen molar-refractivity contribution in [2.24, 2.45) is 0 Å². The molecule has 1 aromatic rings. The van der Waals surface area contributed by atoms with E-state index in [0.717, 1.165) is 5.69 Å². The van der Waals surface area contributed by atoms with Crippen LogP contribution < -0.4 is 0 Å². The monoisotopic (exact) mass is 204 g/mol. The van der Waals surface area contributed by atoms with E-state index in [2.05, 4.69) is 4.98 Å². The van der Waals surface area contributed by atoms with E-state index >= 15 is 0 Å². The van der Waals surface area contributed by atoms with Gasteiger partial charge in [0.1, 0.15) is 6.07 Å². The van der Waals surface area contributed by atoms with Crippen LogP contribution in [0.15, 0.2) is 18.3 Å².